The molecule has 0 spiro atoms. The predicted molar refractivity (Wildman–Crippen MR) is 279 cm³/mol. The zero-order valence-electron chi connectivity index (χ0n) is 39.2. The lowest BCUT2D eigenvalue weighted by Gasteiger charge is -2.43. The molecule has 0 saturated carbocycles. The zero-order valence-corrected chi connectivity index (χ0v) is 39.2. The molecule has 2 fully saturated rings. The van der Waals surface area contributed by atoms with Crippen LogP contribution in [0.4, 0.5) is 0 Å². The number of benzene rings is 3. The molecule has 2 saturated heterocycles. The lowest BCUT2D eigenvalue weighted by atomic mass is 9.62. The van der Waals surface area contributed by atoms with Crippen LogP contribution in [-0.2, 0) is 4.74 Å². The van der Waals surface area contributed by atoms with Crippen molar-refractivity contribution in [3.05, 3.63) is 209 Å². The second-order valence-corrected chi connectivity index (χ2v) is 20.8. The van der Waals surface area contributed by atoms with Crippen molar-refractivity contribution in [3.8, 4) is 11.1 Å². The minimum absolute atomic E-state index is 0.0390. The average Bonchev–Trinajstić information content (AvgIpc) is 3.98. The first kappa shape index (κ1) is 42.2. The van der Waals surface area contributed by atoms with Crippen LogP contribution >= 0.6 is 0 Å². The Balaban J connectivity index is 0.947. The van der Waals surface area contributed by atoms with Gasteiger partial charge in [-0.1, -0.05) is 176 Å². The van der Waals surface area contributed by atoms with E-state index in [1.54, 1.807) is 5.57 Å². The third kappa shape index (κ3) is 7.52. The van der Waals surface area contributed by atoms with Crippen molar-refractivity contribution in [1.29, 1.82) is 0 Å². The van der Waals surface area contributed by atoms with Crippen LogP contribution in [-0.4, -0.2) is 46.9 Å². The Bertz CT molecular complexity index is 2810. The van der Waals surface area contributed by atoms with Gasteiger partial charge in [-0.05, 0) is 127 Å². The SMILES string of the molecule is C1=CCC(C2=NC(c3ccccc3)N=C(C3CC(c4c(C5=CCCC=C5)cccc4-c4ccccc4)CC=C3C3=CCC[C@@H]4OC5C=CC6C(C7=CC=CCC7N6C6C=CCCC6)C5C34)N2)C=C1. The van der Waals surface area contributed by atoms with Crippen LogP contribution in [0, 0.1) is 29.6 Å². The summed E-state index contributed by atoms with van der Waals surface area (Å²) in [6.45, 7) is 0. The molecule has 342 valence electrons. The van der Waals surface area contributed by atoms with Crippen LogP contribution in [0.2, 0.25) is 0 Å². The second-order valence-electron chi connectivity index (χ2n) is 20.8. The van der Waals surface area contributed by atoms with Crippen LogP contribution in [0.3, 0.4) is 0 Å². The Morgan fingerprint density at radius 2 is 1.51 bits per heavy atom. The number of hydrogen-bond donors (Lipinski definition) is 1. The number of hydrogen-bond acceptors (Lipinski definition) is 5. The lowest BCUT2D eigenvalue weighted by Crippen LogP contribution is -2.47. The molecule has 3 aliphatic heterocycles. The van der Waals surface area contributed by atoms with E-state index in [1.807, 2.05) is 0 Å². The third-order valence-corrected chi connectivity index (χ3v) is 17.1. The molecule has 3 aromatic carbocycles. The fourth-order valence-electron chi connectivity index (χ4n) is 14.3. The Kier molecular flexibility index (Phi) is 11.3. The maximum atomic E-state index is 7.32. The van der Waals surface area contributed by atoms with Gasteiger partial charge in [0.05, 0.1) is 12.2 Å². The van der Waals surface area contributed by atoms with Gasteiger partial charge in [0.1, 0.15) is 11.7 Å². The molecular weight excluding hydrogens is 829 g/mol. The quantitative estimate of drug-likeness (QED) is 0.229. The van der Waals surface area contributed by atoms with Crippen LogP contribution in [0.5, 0.6) is 0 Å². The number of allylic oxidation sites excluding steroid dienone is 12. The molecule has 0 amide bonds. The first-order valence-corrected chi connectivity index (χ1v) is 26.2. The summed E-state index contributed by atoms with van der Waals surface area (Å²) in [4.78, 5) is 14.1. The molecule has 3 heterocycles. The number of nitrogens with one attached hydrogen (secondary N) is 1. The summed E-state index contributed by atoms with van der Waals surface area (Å²) in [5.74, 6) is 3.69. The van der Waals surface area contributed by atoms with Crippen molar-refractivity contribution in [2.75, 3.05) is 0 Å². The van der Waals surface area contributed by atoms with Gasteiger partial charge >= 0.3 is 0 Å². The Hall–Kier alpha value is -5.88. The van der Waals surface area contributed by atoms with Crippen molar-refractivity contribution >= 4 is 17.2 Å². The normalized spacial score (nSPS) is 34.6. The summed E-state index contributed by atoms with van der Waals surface area (Å²) in [6, 6.07) is 30.3. The smallest absolute Gasteiger partial charge is 0.169 e. The van der Waals surface area contributed by atoms with E-state index in [-0.39, 0.29) is 36.1 Å². The van der Waals surface area contributed by atoms with E-state index in [2.05, 4.69) is 186 Å². The van der Waals surface area contributed by atoms with Crippen molar-refractivity contribution in [2.45, 2.75) is 113 Å². The Morgan fingerprint density at radius 1 is 0.647 bits per heavy atom. The summed E-state index contributed by atoms with van der Waals surface area (Å²) >= 11 is 0. The monoisotopic (exact) mass is 893 g/mol. The number of likely N-dealkylation sites (tertiary alicyclic amines) is 1. The van der Waals surface area contributed by atoms with Gasteiger partial charge in [0.15, 0.2) is 6.17 Å². The molecule has 11 unspecified atom stereocenters. The number of ether oxygens (including phenoxy) is 1. The maximum Gasteiger partial charge on any atom is 0.169 e. The highest BCUT2D eigenvalue weighted by Gasteiger charge is 2.59. The topological polar surface area (TPSA) is 49.2 Å². The molecule has 7 aliphatic carbocycles. The molecule has 5 nitrogen and oxygen atoms in total. The minimum Gasteiger partial charge on any atom is -0.370 e. The molecule has 1 N–H and O–H groups in total. The van der Waals surface area contributed by atoms with Crippen molar-refractivity contribution in [1.82, 2.24) is 10.2 Å². The largest absolute Gasteiger partial charge is 0.370 e. The van der Waals surface area contributed by atoms with Crippen LogP contribution in [0.15, 0.2) is 203 Å². The lowest BCUT2D eigenvalue weighted by molar-refractivity contribution is 0.0416. The molecule has 5 heteroatoms. The van der Waals surface area contributed by atoms with E-state index >= 15 is 0 Å². The fraction of sp³-hybridized carbons (Fsp3) is 0.365. The fourth-order valence-corrected chi connectivity index (χ4v) is 14.3. The van der Waals surface area contributed by atoms with E-state index in [4.69, 9.17) is 14.7 Å². The Morgan fingerprint density at radius 3 is 2.35 bits per heavy atom. The third-order valence-electron chi connectivity index (χ3n) is 17.1. The van der Waals surface area contributed by atoms with E-state index in [0.29, 0.717) is 35.9 Å². The highest BCUT2D eigenvalue weighted by Crippen LogP contribution is 2.59. The number of aliphatic imine (C=N–C) groups is 2. The van der Waals surface area contributed by atoms with Gasteiger partial charge in [0, 0.05) is 47.7 Å². The molecule has 68 heavy (non-hydrogen) atoms. The number of fused-ring (bicyclic) bond motifs is 7. The summed E-state index contributed by atoms with van der Waals surface area (Å²) < 4.78 is 7.32. The average molecular weight is 893 g/mol. The summed E-state index contributed by atoms with van der Waals surface area (Å²) in [6.07, 6.45) is 50.8. The highest BCUT2D eigenvalue weighted by atomic mass is 16.5. The summed E-state index contributed by atoms with van der Waals surface area (Å²) in [7, 11) is 0. The number of nitrogens with zero attached hydrogens (tertiary/aromatic N) is 3. The first-order valence-electron chi connectivity index (χ1n) is 26.2. The number of rotatable bonds is 8. The molecule has 12 atom stereocenters. The highest BCUT2D eigenvalue weighted by molar-refractivity contribution is 6.06. The standard InChI is InChI=1S/C63H64N4O/c1-6-20-41(21-7-1)47-31-18-32-48(42-22-8-2-9-23-42)57(47)45-36-37-49(52(40-45)63-65-61(43-24-10-3-11-25-43)64-62(66-63)44-26-12-4-13-27-44)50-33-19-35-55-59(50)60-56(68-55)39-38-54-58(60)51-30-16-17-34-53(51)67(54)46-28-14-5-15-29-46/h1,3-4,6-8,10-14,16-18,20-26,28,30-33,37-39,44-46,52-56,58-61H,2,5,9,15,19,27,29,34-36,40H2,(H,64,65,66)/t44?,45?,46?,52?,53?,54?,55-,56?,58?,59?,60?,61?/m0/s1. The molecule has 3 aromatic rings. The van der Waals surface area contributed by atoms with Gasteiger partial charge in [0.2, 0.25) is 0 Å². The summed E-state index contributed by atoms with van der Waals surface area (Å²) in [5, 5.41) is 4.04. The molecule has 0 radical (unpaired) electrons. The van der Waals surface area contributed by atoms with Gasteiger partial charge in [-0.3, -0.25) is 4.90 Å². The van der Waals surface area contributed by atoms with E-state index in [1.165, 1.54) is 58.2 Å². The van der Waals surface area contributed by atoms with E-state index in [9.17, 15) is 0 Å². The Labute approximate surface area is 403 Å². The van der Waals surface area contributed by atoms with Crippen molar-refractivity contribution in [2.24, 2.45) is 39.6 Å². The van der Waals surface area contributed by atoms with Gasteiger partial charge in [0.25, 0.3) is 0 Å². The van der Waals surface area contributed by atoms with Gasteiger partial charge in [-0.15, -0.1) is 0 Å². The van der Waals surface area contributed by atoms with E-state index < -0.39 is 0 Å². The maximum absolute atomic E-state index is 7.32. The molecule has 0 bridgehead atoms. The molecular formula is C63H64N4O. The molecule has 13 rings (SSSR count). The summed E-state index contributed by atoms with van der Waals surface area (Å²) in [5.41, 5.74) is 12.6. The minimum atomic E-state index is -0.314. The van der Waals surface area contributed by atoms with Crippen molar-refractivity contribution in [3.63, 3.8) is 0 Å². The predicted octanol–water partition coefficient (Wildman–Crippen LogP) is 13.7. The van der Waals surface area contributed by atoms with Gasteiger partial charge in [-0.25, -0.2) is 9.98 Å². The second kappa shape index (κ2) is 18.2. The van der Waals surface area contributed by atoms with Crippen LogP contribution in [0.25, 0.3) is 16.7 Å². The first-order chi connectivity index (χ1) is 33.7. The van der Waals surface area contributed by atoms with Gasteiger partial charge < -0.3 is 10.1 Å². The molecule has 10 aliphatic rings. The number of amidine groups is 2. The molecule has 0 aromatic heterocycles. The zero-order chi connectivity index (χ0) is 45.0. The van der Waals surface area contributed by atoms with Gasteiger partial charge in [-0.2, -0.15) is 0 Å². The van der Waals surface area contributed by atoms with Crippen LogP contribution < -0.4 is 5.32 Å². The van der Waals surface area contributed by atoms with E-state index in [0.717, 1.165) is 68.6 Å². The van der Waals surface area contributed by atoms with Crippen molar-refractivity contribution < 1.29 is 4.74 Å². The van der Waals surface area contributed by atoms with Crippen LogP contribution in [0.1, 0.15) is 99.4 Å².